The van der Waals surface area contributed by atoms with Crippen molar-refractivity contribution in [3.63, 3.8) is 0 Å². The molecule has 18 heavy (non-hydrogen) atoms. The third kappa shape index (κ3) is 5.14. The number of halogens is 2. The van der Waals surface area contributed by atoms with E-state index in [0.717, 1.165) is 0 Å². The predicted molar refractivity (Wildman–Crippen MR) is 59.5 cm³/mol. The largest absolute Gasteiger partial charge is 0.444 e. The van der Waals surface area contributed by atoms with Gasteiger partial charge in [0.15, 0.2) is 0 Å². The van der Waals surface area contributed by atoms with Gasteiger partial charge in [0.05, 0.1) is 25.9 Å². The second kappa shape index (κ2) is 6.29. The van der Waals surface area contributed by atoms with Gasteiger partial charge in [0.1, 0.15) is 5.60 Å². The van der Waals surface area contributed by atoms with Crippen molar-refractivity contribution in [2.45, 2.75) is 39.0 Å². The van der Waals surface area contributed by atoms with Crippen molar-refractivity contribution in [2.75, 3.05) is 26.4 Å². The highest BCUT2D eigenvalue weighted by Gasteiger charge is 2.31. The quantitative estimate of drug-likeness (QED) is 0.783. The van der Waals surface area contributed by atoms with E-state index in [0.29, 0.717) is 13.2 Å². The van der Waals surface area contributed by atoms with Crippen LogP contribution in [0.5, 0.6) is 0 Å². The van der Waals surface area contributed by atoms with Crippen LogP contribution in [0.3, 0.4) is 0 Å². The molecule has 1 rings (SSSR count). The summed E-state index contributed by atoms with van der Waals surface area (Å²) in [5.41, 5.74) is -0.622. The van der Waals surface area contributed by atoms with E-state index in [-0.39, 0.29) is 13.2 Å². The van der Waals surface area contributed by atoms with E-state index in [1.54, 1.807) is 20.8 Å². The second-order valence-corrected chi connectivity index (χ2v) is 5.00. The lowest BCUT2D eigenvalue weighted by molar-refractivity contribution is -0.152. The number of carbonyl (C=O) groups excluding carboxylic acids is 1. The molecule has 1 amide bonds. The fraction of sp³-hybridized carbons (Fsp3) is 0.909. The Morgan fingerprint density at radius 1 is 1.50 bits per heavy atom. The Labute approximate surface area is 105 Å². The molecule has 1 unspecified atom stereocenters. The number of morpholine rings is 1. The molecule has 0 spiro atoms. The van der Waals surface area contributed by atoms with E-state index < -0.39 is 24.3 Å². The van der Waals surface area contributed by atoms with Gasteiger partial charge >= 0.3 is 12.7 Å². The number of nitrogens with zero attached hydrogens (tertiary/aromatic N) is 1. The van der Waals surface area contributed by atoms with Crippen LogP contribution < -0.4 is 0 Å². The van der Waals surface area contributed by atoms with Crippen LogP contribution in [0.2, 0.25) is 0 Å². The van der Waals surface area contributed by atoms with Gasteiger partial charge in [-0.2, -0.15) is 8.78 Å². The number of ether oxygens (including phenoxy) is 3. The molecule has 0 radical (unpaired) electrons. The van der Waals surface area contributed by atoms with Crippen molar-refractivity contribution in [1.29, 1.82) is 0 Å². The van der Waals surface area contributed by atoms with Crippen molar-refractivity contribution in [2.24, 2.45) is 0 Å². The molecule has 7 heteroatoms. The van der Waals surface area contributed by atoms with E-state index in [4.69, 9.17) is 9.47 Å². The highest BCUT2D eigenvalue weighted by Crippen LogP contribution is 2.15. The molecule has 0 N–H and O–H groups in total. The summed E-state index contributed by atoms with van der Waals surface area (Å²) in [6.45, 7) is 2.97. The summed E-state index contributed by atoms with van der Waals surface area (Å²) in [6, 6.07) is -0.539. The first-order chi connectivity index (χ1) is 8.29. The minimum Gasteiger partial charge on any atom is -0.444 e. The summed E-state index contributed by atoms with van der Waals surface area (Å²) in [7, 11) is 0. The molecular weight excluding hydrogens is 248 g/mol. The smallest absolute Gasteiger partial charge is 0.410 e. The van der Waals surface area contributed by atoms with Crippen molar-refractivity contribution in [1.82, 2.24) is 4.90 Å². The van der Waals surface area contributed by atoms with E-state index in [9.17, 15) is 13.6 Å². The molecule has 1 aliphatic heterocycles. The minimum absolute atomic E-state index is 0.173. The maximum absolute atomic E-state index is 12.0. The molecule has 5 nitrogen and oxygen atoms in total. The zero-order chi connectivity index (χ0) is 13.8. The topological polar surface area (TPSA) is 48.0 Å². The average molecular weight is 267 g/mol. The number of alkyl halides is 2. The van der Waals surface area contributed by atoms with Crippen molar-refractivity contribution in [3.8, 4) is 0 Å². The molecule has 0 saturated carbocycles. The monoisotopic (exact) mass is 267 g/mol. The standard InChI is InChI=1S/C11H19F2NO4/c1-11(2,3)18-10(15)14-4-5-16-6-8(14)7-17-9(12)13/h8-9H,4-7H2,1-3H3. The second-order valence-electron chi connectivity index (χ2n) is 5.00. The molecule has 0 bridgehead atoms. The summed E-state index contributed by atoms with van der Waals surface area (Å²) >= 11 is 0. The lowest BCUT2D eigenvalue weighted by Crippen LogP contribution is -2.52. The molecule has 0 aromatic heterocycles. The predicted octanol–water partition coefficient (Wildman–Crippen LogP) is 1.86. The molecule has 1 fully saturated rings. The first-order valence-electron chi connectivity index (χ1n) is 5.77. The lowest BCUT2D eigenvalue weighted by atomic mass is 10.2. The van der Waals surface area contributed by atoms with Crippen LogP contribution in [0.4, 0.5) is 13.6 Å². The Balaban J connectivity index is 2.55. The van der Waals surface area contributed by atoms with Gasteiger partial charge in [-0.3, -0.25) is 4.90 Å². The number of hydrogen-bond donors (Lipinski definition) is 0. The van der Waals surface area contributed by atoms with Crippen molar-refractivity contribution >= 4 is 6.09 Å². The van der Waals surface area contributed by atoms with Gasteiger partial charge in [0.2, 0.25) is 0 Å². The van der Waals surface area contributed by atoms with Crippen molar-refractivity contribution < 1.29 is 27.8 Å². The Kier molecular flexibility index (Phi) is 5.28. The molecular formula is C11H19F2NO4. The summed E-state index contributed by atoms with van der Waals surface area (Å²) in [4.78, 5) is 13.2. The fourth-order valence-electron chi connectivity index (χ4n) is 1.54. The molecule has 1 atom stereocenters. The maximum atomic E-state index is 12.0. The maximum Gasteiger partial charge on any atom is 0.410 e. The molecule has 1 saturated heterocycles. The van der Waals surface area contributed by atoms with Crippen LogP contribution in [-0.2, 0) is 14.2 Å². The van der Waals surface area contributed by atoms with Crippen LogP contribution >= 0.6 is 0 Å². The van der Waals surface area contributed by atoms with E-state index >= 15 is 0 Å². The van der Waals surface area contributed by atoms with E-state index in [2.05, 4.69) is 4.74 Å². The van der Waals surface area contributed by atoms with E-state index in [1.165, 1.54) is 4.90 Å². The molecule has 106 valence electrons. The van der Waals surface area contributed by atoms with Crippen LogP contribution in [0.15, 0.2) is 0 Å². The molecule has 1 aliphatic rings. The first-order valence-corrected chi connectivity index (χ1v) is 5.77. The summed E-state index contributed by atoms with van der Waals surface area (Å²) < 4.78 is 38.6. The Bertz CT molecular complexity index is 281. The third-order valence-electron chi connectivity index (χ3n) is 2.27. The summed E-state index contributed by atoms with van der Waals surface area (Å²) in [5.74, 6) is 0. The fourth-order valence-corrected chi connectivity index (χ4v) is 1.54. The Morgan fingerprint density at radius 3 is 2.72 bits per heavy atom. The number of amides is 1. The zero-order valence-corrected chi connectivity index (χ0v) is 10.8. The van der Waals surface area contributed by atoms with Gasteiger partial charge in [-0.15, -0.1) is 0 Å². The van der Waals surface area contributed by atoms with Gasteiger partial charge in [0.25, 0.3) is 0 Å². The minimum atomic E-state index is -2.85. The van der Waals surface area contributed by atoms with Crippen LogP contribution in [-0.4, -0.2) is 55.6 Å². The first kappa shape index (κ1) is 15.1. The number of rotatable bonds is 3. The lowest BCUT2D eigenvalue weighted by Gasteiger charge is -2.36. The molecule has 0 aliphatic carbocycles. The van der Waals surface area contributed by atoms with Crippen LogP contribution in [0.25, 0.3) is 0 Å². The van der Waals surface area contributed by atoms with Gasteiger partial charge in [0, 0.05) is 6.54 Å². The van der Waals surface area contributed by atoms with Crippen LogP contribution in [0, 0.1) is 0 Å². The highest BCUT2D eigenvalue weighted by molar-refractivity contribution is 5.68. The van der Waals surface area contributed by atoms with Crippen molar-refractivity contribution in [3.05, 3.63) is 0 Å². The molecule has 1 heterocycles. The number of carbonyl (C=O) groups is 1. The average Bonchev–Trinajstić information content (AvgIpc) is 2.24. The summed E-state index contributed by atoms with van der Waals surface area (Å²) in [5, 5.41) is 0. The van der Waals surface area contributed by atoms with Gasteiger partial charge in [-0.25, -0.2) is 4.79 Å². The van der Waals surface area contributed by atoms with Gasteiger partial charge in [-0.1, -0.05) is 0 Å². The SMILES string of the molecule is CC(C)(C)OC(=O)N1CCOCC1COC(F)F. The molecule has 0 aromatic rings. The number of hydrogen-bond acceptors (Lipinski definition) is 4. The highest BCUT2D eigenvalue weighted by atomic mass is 19.3. The van der Waals surface area contributed by atoms with E-state index in [1.807, 2.05) is 0 Å². The Morgan fingerprint density at radius 2 is 2.17 bits per heavy atom. The third-order valence-corrected chi connectivity index (χ3v) is 2.27. The molecule has 0 aromatic carbocycles. The van der Waals surface area contributed by atoms with Gasteiger partial charge < -0.3 is 14.2 Å². The zero-order valence-electron chi connectivity index (χ0n) is 10.8. The Hall–Kier alpha value is -0.950. The normalized spacial score (nSPS) is 21.2. The van der Waals surface area contributed by atoms with Gasteiger partial charge in [-0.05, 0) is 20.8 Å². The summed E-state index contributed by atoms with van der Waals surface area (Å²) in [6.07, 6.45) is -0.534. The van der Waals surface area contributed by atoms with Crippen LogP contribution in [0.1, 0.15) is 20.8 Å².